The van der Waals surface area contributed by atoms with E-state index in [1.54, 1.807) is 0 Å². The van der Waals surface area contributed by atoms with Crippen LogP contribution in [0.2, 0.25) is 0 Å². The molecule has 0 aromatic heterocycles. The summed E-state index contributed by atoms with van der Waals surface area (Å²) in [4.78, 5) is 4.31. The Morgan fingerprint density at radius 1 is 1.69 bits per heavy atom. The standard InChI is InChI=1S/C8H15N5/c1-12(2)4-7-5-13-6-10-11-8(13)3-9-7/h6-9,11H,4-5H2,1-2H3. The molecule has 2 aliphatic heterocycles. The Morgan fingerprint density at radius 3 is 3.31 bits per heavy atom. The molecule has 0 saturated carbocycles. The normalized spacial score (nSPS) is 32.1. The number of rotatable bonds is 2. The van der Waals surface area contributed by atoms with E-state index >= 15 is 0 Å². The van der Waals surface area contributed by atoms with Crippen molar-refractivity contribution in [2.45, 2.75) is 12.2 Å². The lowest BCUT2D eigenvalue weighted by molar-refractivity contribution is 0.216. The van der Waals surface area contributed by atoms with Crippen LogP contribution in [0.4, 0.5) is 0 Å². The Kier molecular flexibility index (Phi) is 2.37. The Morgan fingerprint density at radius 2 is 2.54 bits per heavy atom. The lowest BCUT2D eigenvalue weighted by atomic mass is 10.2. The molecule has 0 bridgehead atoms. The van der Waals surface area contributed by atoms with Gasteiger partial charge in [0.15, 0.2) is 0 Å². The highest BCUT2D eigenvalue weighted by atomic mass is 15.5. The first-order chi connectivity index (χ1) is 6.25. The monoisotopic (exact) mass is 181 g/mol. The van der Waals surface area contributed by atoms with Gasteiger partial charge in [-0.3, -0.25) is 10.7 Å². The Balaban J connectivity index is 1.86. The number of fused-ring (bicyclic) bond motifs is 1. The van der Waals surface area contributed by atoms with E-state index in [9.17, 15) is 0 Å². The van der Waals surface area contributed by atoms with Crippen LogP contribution >= 0.6 is 0 Å². The maximum atomic E-state index is 3.98. The number of hydrogen-bond acceptors (Lipinski definition) is 5. The van der Waals surface area contributed by atoms with E-state index in [0.29, 0.717) is 6.04 Å². The third kappa shape index (κ3) is 1.92. The zero-order chi connectivity index (χ0) is 9.26. The fraction of sp³-hybridized carbons (Fsp3) is 0.750. The van der Waals surface area contributed by atoms with Gasteiger partial charge in [0, 0.05) is 19.1 Å². The number of hydrogen-bond donors (Lipinski definition) is 2. The summed E-state index contributed by atoms with van der Waals surface area (Å²) in [6.07, 6.45) is 1.96. The van der Waals surface area contributed by atoms with Crippen molar-refractivity contribution in [3.63, 3.8) is 0 Å². The van der Waals surface area contributed by atoms with Crippen molar-refractivity contribution in [1.29, 1.82) is 0 Å². The molecule has 0 aromatic rings. The van der Waals surface area contributed by atoms with E-state index in [0.717, 1.165) is 13.1 Å². The maximum absolute atomic E-state index is 3.98. The molecule has 2 N–H and O–H groups in total. The molecule has 2 heterocycles. The van der Waals surface area contributed by atoms with Crippen LogP contribution in [0.25, 0.3) is 0 Å². The fourth-order valence-corrected chi connectivity index (χ4v) is 1.63. The minimum Gasteiger partial charge on any atom is -0.336 e. The summed E-state index contributed by atoms with van der Waals surface area (Å²) in [6, 6.07) is 0.442. The van der Waals surface area contributed by atoms with Gasteiger partial charge in [0.25, 0.3) is 0 Å². The molecule has 5 heteroatoms. The van der Waals surface area contributed by atoms with Gasteiger partial charge in [-0.2, -0.15) is 5.10 Å². The van der Waals surface area contributed by atoms with Crippen molar-refractivity contribution < 1.29 is 0 Å². The summed E-state index contributed by atoms with van der Waals surface area (Å²) in [5.74, 6) is 0. The van der Waals surface area contributed by atoms with E-state index in [-0.39, 0.29) is 6.17 Å². The predicted molar refractivity (Wildman–Crippen MR) is 50.8 cm³/mol. The summed E-state index contributed by atoms with van der Waals surface area (Å²) in [5, 5.41) is 7.22. The molecule has 2 aliphatic rings. The van der Waals surface area contributed by atoms with Gasteiger partial charge in [-0.25, -0.2) is 0 Å². The Labute approximate surface area is 78.8 Å². The van der Waals surface area contributed by atoms with Gasteiger partial charge in [0.2, 0.25) is 0 Å². The molecule has 0 aromatic carbocycles. The molecule has 2 unspecified atom stereocenters. The molecule has 0 spiro atoms. The van der Waals surface area contributed by atoms with Crippen LogP contribution in [0.5, 0.6) is 0 Å². The topological polar surface area (TPSA) is 42.9 Å². The number of likely N-dealkylation sites (N-methyl/N-ethyl adjacent to an activating group) is 1. The average Bonchev–Trinajstić information content (AvgIpc) is 2.49. The Bertz CT molecular complexity index is 203. The highest BCUT2D eigenvalue weighted by Crippen LogP contribution is 2.09. The second-order valence-electron chi connectivity index (χ2n) is 3.72. The van der Waals surface area contributed by atoms with Gasteiger partial charge in [0.05, 0.1) is 0 Å². The van der Waals surface area contributed by atoms with Crippen LogP contribution in [0.15, 0.2) is 5.10 Å². The largest absolute Gasteiger partial charge is 0.336 e. The molecule has 2 radical (unpaired) electrons. The van der Waals surface area contributed by atoms with Crippen LogP contribution in [-0.4, -0.2) is 55.5 Å². The van der Waals surface area contributed by atoms with Gasteiger partial charge in [-0.05, 0) is 14.1 Å². The highest BCUT2D eigenvalue weighted by Gasteiger charge is 2.29. The average molecular weight is 181 g/mol. The van der Waals surface area contributed by atoms with Crippen molar-refractivity contribution in [3.05, 3.63) is 6.54 Å². The van der Waals surface area contributed by atoms with Crippen LogP contribution in [0.3, 0.4) is 0 Å². The summed E-state index contributed by atoms with van der Waals surface area (Å²) in [7, 11) is 4.15. The molecule has 2 atom stereocenters. The quantitative estimate of drug-likeness (QED) is 0.557. The fourth-order valence-electron chi connectivity index (χ4n) is 1.63. The minimum atomic E-state index is 0.124. The third-order valence-electron chi connectivity index (χ3n) is 2.18. The van der Waals surface area contributed by atoms with Gasteiger partial charge >= 0.3 is 0 Å². The van der Waals surface area contributed by atoms with E-state index < -0.39 is 0 Å². The lowest BCUT2D eigenvalue weighted by Gasteiger charge is -2.35. The first-order valence-electron chi connectivity index (χ1n) is 4.46. The summed E-state index contributed by atoms with van der Waals surface area (Å²) in [5.41, 5.74) is 2.94. The summed E-state index contributed by atoms with van der Waals surface area (Å²) >= 11 is 0. The number of nitrogens with one attached hydrogen (secondary N) is 2. The molecule has 0 amide bonds. The van der Waals surface area contributed by atoms with Crippen molar-refractivity contribution in [1.82, 2.24) is 20.5 Å². The van der Waals surface area contributed by atoms with E-state index in [2.05, 4.69) is 46.3 Å². The number of nitrogens with zero attached hydrogens (tertiary/aromatic N) is 3. The van der Waals surface area contributed by atoms with Crippen molar-refractivity contribution >= 4 is 6.34 Å². The molecular weight excluding hydrogens is 166 g/mol. The zero-order valence-corrected chi connectivity index (χ0v) is 7.99. The predicted octanol–water partition coefficient (Wildman–Crippen LogP) is -1.27. The van der Waals surface area contributed by atoms with E-state index in [1.165, 1.54) is 0 Å². The first-order valence-corrected chi connectivity index (χ1v) is 4.46. The van der Waals surface area contributed by atoms with Crippen LogP contribution in [-0.2, 0) is 0 Å². The van der Waals surface area contributed by atoms with Crippen molar-refractivity contribution in [2.24, 2.45) is 5.10 Å². The summed E-state index contributed by atoms with van der Waals surface area (Å²) < 4.78 is 0. The number of piperazine rings is 1. The van der Waals surface area contributed by atoms with E-state index in [1.807, 2.05) is 6.34 Å². The summed E-state index contributed by atoms with van der Waals surface area (Å²) in [6.45, 7) is 5.15. The Hall–Kier alpha value is -0.810. The smallest absolute Gasteiger partial charge is 0.138 e. The second kappa shape index (κ2) is 3.51. The molecule has 13 heavy (non-hydrogen) atoms. The SMILES string of the molecule is CN(C)CC1CN2C=NNC2[C]N1. The van der Waals surface area contributed by atoms with Gasteiger partial charge in [-0.1, -0.05) is 0 Å². The van der Waals surface area contributed by atoms with Crippen LogP contribution < -0.4 is 10.7 Å². The zero-order valence-electron chi connectivity index (χ0n) is 7.99. The van der Waals surface area contributed by atoms with Crippen molar-refractivity contribution in [2.75, 3.05) is 27.2 Å². The second-order valence-corrected chi connectivity index (χ2v) is 3.72. The van der Waals surface area contributed by atoms with Gasteiger partial charge in [-0.15, -0.1) is 0 Å². The molecular formula is C8H15N5. The highest BCUT2D eigenvalue weighted by molar-refractivity contribution is 5.57. The molecule has 2 rings (SSSR count). The minimum absolute atomic E-state index is 0.124. The molecule has 5 nitrogen and oxygen atoms in total. The van der Waals surface area contributed by atoms with Crippen LogP contribution in [0.1, 0.15) is 0 Å². The van der Waals surface area contributed by atoms with Crippen molar-refractivity contribution in [3.8, 4) is 0 Å². The lowest BCUT2D eigenvalue weighted by Crippen LogP contribution is -2.56. The van der Waals surface area contributed by atoms with E-state index in [4.69, 9.17) is 0 Å². The third-order valence-corrected chi connectivity index (χ3v) is 2.18. The maximum Gasteiger partial charge on any atom is 0.138 e. The molecule has 1 fully saturated rings. The number of hydrazone groups is 1. The first kappa shape index (κ1) is 8.77. The molecule has 72 valence electrons. The molecule has 0 aliphatic carbocycles. The van der Waals surface area contributed by atoms with Gasteiger partial charge in [0.1, 0.15) is 19.0 Å². The van der Waals surface area contributed by atoms with Gasteiger partial charge < -0.3 is 9.80 Å². The van der Waals surface area contributed by atoms with Crippen LogP contribution in [0, 0.1) is 6.54 Å². The molecule has 1 saturated heterocycles.